The Kier molecular flexibility index (Phi) is 16.3. The van der Waals surface area contributed by atoms with E-state index in [9.17, 15) is 0 Å². The zero-order valence-corrected chi connectivity index (χ0v) is 18.2. The molecule has 0 amide bonds. The second kappa shape index (κ2) is 16.4. The van der Waals surface area contributed by atoms with Gasteiger partial charge in [-0.1, -0.05) is 6.92 Å². The molecule has 1 rings (SSSR count). The molecule has 0 aromatic heterocycles. The van der Waals surface area contributed by atoms with E-state index in [1.54, 1.807) is 0 Å². The molecule has 0 aromatic carbocycles. The lowest BCUT2D eigenvalue weighted by Crippen LogP contribution is -2.49. The lowest BCUT2D eigenvalue weighted by atomic mass is 10.3. The number of halogens is 1. The molecular formula is C17H38IN5O. The van der Waals surface area contributed by atoms with Gasteiger partial charge in [0.15, 0.2) is 5.96 Å². The van der Waals surface area contributed by atoms with Crippen LogP contribution in [0.5, 0.6) is 0 Å². The molecule has 1 heterocycles. The van der Waals surface area contributed by atoms with Crippen LogP contribution in [0.2, 0.25) is 0 Å². The zero-order chi connectivity index (χ0) is 16.8. The van der Waals surface area contributed by atoms with Crippen molar-refractivity contribution in [2.75, 3.05) is 72.1 Å². The highest BCUT2D eigenvalue weighted by atomic mass is 127. The highest BCUT2D eigenvalue weighted by molar-refractivity contribution is 14.0. The first-order chi connectivity index (χ1) is 11.3. The summed E-state index contributed by atoms with van der Waals surface area (Å²) in [5.74, 6) is 0.941. The highest BCUT2D eigenvalue weighted by Crippen LogP contribution is 1.99. The van der Waals surface area contributed by atoms with Gasteiger partial charge in [0.1, 0.15) is 0 Å². The van der Waals surface area contributed by atoms with Gasteiger partial charge in [-0.25, -0.2) is 0 Å². The lowest BCUT2D eigenvalue weighted by molar-refractivity contribution is 0.139. The Balaban J connectivity index is 0.00000529. The van der Waals surface area contributed by atoms with Crippen molar-refractivity contribution in [3.8, 4) is 0 Å². The molecule has 0 bridgehead atoms. The van der Waals surface area contributed by atoms with Crippen molar-refractivity contribution in [2.45, 2.75) is 33.6 Å². The lowest BCUT2D eigenvalue weighted by Gasteiger charge is -2.34. The Hall–Kier alpha value is -0.120. The fourth-order valence-electron chi connectivity index (χ4n) is 2.65. The number of nitrogens with one attached hydrogen (secondary N) is 2. The van der Waals surface area contributed by atoms with Gasteiger partial charge in [-0.2, -0.15) is 0 Å². The van der Waals surface area contributed by atoms with Gasteiger partial charge in [0.25, 0.3) is 0 Å². The van der Waals surface area contributed by atoms with Crippen molar-refractivity contribution in [3.63, 3.8) is 0 Å². The molecule has 0 unspecified atom stereocenters. The molecule has 1 saturated heterocycles. The highest BCUT2D eigenvalue weighted by Gasteiger charge is 2.14. The largest absolute Gasteiger partial charge is 0.382 e. The van der Waals surface area contributed by atoms with Crippen LogP contribution < -0.4 is 10.6 Å². The van der Waals surface area contributed by atoms with Crippen LogP contribution in [0.25, 0.3) is 0 Å². The maximum atomic E-state index is 5.35. The Morgan fingerprint density at radius 2 is 1.71 bits per heavy atom. The summed E-state index contributed by atoms with van der Waals surface area (Å²) < 4.78 is 5.35. The van der Waals surface area contributed by atoms with Crippen LogP contribution in [0.4, 0.5) is 0 Å². The minimum Gasteiger partial charge on any atom is -0.382 e. The molecule has 2 N–H and O–H groups in total. The van der Waals surface area contributed by atoms with Crippen LogP contribution in [0.3, 0.4) is 0 Å². The Morgan fingerprint density at radius 3 is 2.33 bits per heavy atom. The summed E-state index contributed by atoms with van der Waals surface area (Å²) in [5.41, 5.74) is 0. The van der Waals surface area contributed by atoms with E-state index in [1.165, 1.54) is 32.7 Å². The molecule has 0 aliphatic carbocycles. The van der Waals surface area contributed by atoms with E-state index in [0.29, 0.717) is 0 Å². The number of nitrogens with zero attached hydrogens (tertiary/aromatic N) is 3. The van der Waals surface area contributed by atoms with Crippen molar-refractivity contribution >= 4 is 29.9 Å². The monoisotopic (exact) mass is 455 g/mol. The van der Waals surface area contributed by atoms with Crippen molar-refractivity contribution in [3.05, 3.63) is 0 Å². The summed E-state index contributed by atoms with van der Waals surface area (Å²) in [6.07, 6.45) is 2.16. The van der Waals surface area contributed by atoms with E-state index in [1.807, 2.05) is 6.92 Å². The molecule has 0 aromatic rings. The van der Waals surface area contributed by atoms with Crippen molar-refractivity contribution in [1.29, 1.82) is 0 Å². The summed E-state index contributed by atoms with van der Waals surface area (Å²) >= 11 is 0. The third kappa shape index (κ3) is 11.4. The molecule has 6 nitrogen and oxygen atoms in total. The molecule has 0 atom stereocenters. The van der Waals surface area contributed by atoms with Gasteiger partial charge in [0, 0.05) is 65.6 Å². The van der Waals surface area contributed by atoms with E-state index in [0.717, 1.165) is 58.2 Å². The summed E-state index contributed by atoms with van der Waals surface area (Å²) in [7, 11) is 0. The second-order valence-electron chi connectivity index (χ2n) is 5.87. The molecular weight excluding hydrogens is 417 g/mol. The van der Waals surface area contributed by atoms with Gasteiger partial charge in [0.05, 0.1) is 0 Å². The van der Waals surface area contributed by atoms with Gasteiger partial charge in [-0.05, 0) is 33.2 Å². The Bertz CT molecular complexity index is 309. The number of likely N-dealkylation sites (N-methyl/N-ethyl adjacent to an activating group) is 1. The number of guanidine groups is 1. The zero-order valence-electron chi connectivity index (χ0n) is 15.9. The van der Waals surface area contributed by atoms with Crippen molar-refractivity contribution < 1.29 is 4.74 Å². The average Bonchev–Trinajstić information content (AvgIpc) is 2.58. The van der Waals surface area contributed by atoms with Crippen molar-refractivity contribution in [2.24, 2.45) is 4.99 Å². The van der Waals surface area contributed by atoms with E-state index in [2.05, 4.69) is 39.3 Å². The quantitative estimate of drug-likeness (QED) is 0.215. The molecule has 24 heavy (non-hydrogen) atoms. The molecule has 144 valence electrons. The van der Waals surface area contributed by atoms with Crippen LogP contribution in [0.1, 0.15) is 33.6 Å². The second-order valence-corrected chi connectivity index (χ2v) is 5.87. The molecule has 1 aliphatic heterocycles. The van der Waals surface area contributed by atoms with Crippen LogP contribution in [-0.4, -0.2) is 87.9 Å². The average molecular weight is 455 g/mol. The van der Waals surface area contributed by atoms with Crippen LogP contribution in [-0.2, 0) is 4.74 Å². The predicted octanol–water partition coefficient (Wildman–Crippen LogP) is 1.61. The van der Waals surface area contributed by atoms with E-state index >= 15 is 0 Å². The first-order valence-corrected chi connectivity index (χ1v) is 9.34. The van der Waals surface area contributed by atoms with Gasteiger partial charge in [-0.15, -0.1) is 24.0 Å². The third-order valence-electron chi connectivity index (χ3n) is 4.15. The minimum atomic E-state index is 0. The Morgan fingerprint density at radius 1 is 1.00 bits per heavy atom. The van der Waals surface area contributed by atoms with E-state index in [4.69, 9.17) is 4.74 Å². The molecule has 1 aliphatic rings. The van der Waals surface area contributed by atoms with Gasteiger partial charge < -0.3 is 20.3 Å². The number of piperazine rings is 1. The number of hydrogen-bond acceptors (Lipinski definition) is 4. The topological polar surface area (TPSA) is 52.1 Å². The van der Waals surface area contributed by atoms with Crippen LogP contribution >= 0.6 is 24.0 Å². The summed E-state index contributed by atoms with van der Waals surface area (Å²) in [6.45, 7) is 17.8. The van der Waals surface area contributed by atoms with E-state index in [-0.39, 0.29) is 24.0 Å². The number of hydrogen-bond donors (Lipinski definition) is 2. The fourth-order valence-corrected chi connectivity index (χ4v) is 2.65. The van der Waals surface area contributed by atoms with Gasteiger partial charge in [-0.3, -0.25) is 9.89 Å². The molecule has 1 fully saturated rings. The van der Waals surface area contributed by atoms with Gasteiger partial charge >= 0.3 is 0 Å². The molecule has 0 radical (unpaired) electrons. The maximum Gasteiger partial charge on any atom is 0.191 e. The smallest absolute Gasteiger partial charge is 0.191 e. The standard InChI is InChI=1S/C17H37N5O.HI/c1-4-18-17(19-9-7-8-16-23-6-3)20-10-11-22-14-12-21(5-2)13-15-22;/h4-16H2,1-3H3,(H2,18,19,20);1H. The minimum absolute atomic E-state index is 0. The maximum absolute atomic E-state index is 5.35. The first-order valence-electron chi connectivity index (χ1n) is 9.34. The summed E-state index contributed by atoms with van der Waals surface area (Å²) in [6, 6.07) is 0. The first kappa shape index (κ1) is 23.9. The van der Waals surface area contributed by atoms with E-state index < -0.39 is 0 Å². The molecule has 0 saturated carbocycles. The number of aliphatic imine (C=N–C) groups is 1. The molecule has 0 spiro atoms. The van der Waals surface area contributed by atoms with Crippen LogP contribution in [0, 0.1) is 0 Å². The fraction of sp³-hybridized carbons (Fsp3) is 0.941. The predicted molar refractivity (Wildman–Crippen MR) is 114 cm³/mol. The number of rotatable bonds is 11. The number of unbranched alkanes of at least 4 members (excludes halogenated alkanes) is 1. The van der Waals surface area contributed by atoms with Gasteiger partial charge in [0.2, 0.25) is 0 Å². The number of ether oxygens (including phenoxy) is 1. The van der Waals surface area contributed by atoms with Crippen molar-refractivity contribution in [1.82, 2.24) is 20.4 Å². The third-order valence-corrected chi connectivity index (χ3v) is 4.15. The summed E-state index contributed by atoms with van der Waals surface area (Å²) in [5, 5.41) is 6.77. The summed E-state index contributed by atoms with van der Waals surface area (Å²) in [4.78, 5) is 9.68. The normalized spacial score (nSPS) is 16.7. The Labute approximate surface area is 165 Å². The SMILES string of the molecule is CCNC(=NCCCCOCC)NCCN1CCN(CC)CC1.I. The molecule has 7 heteroatoms. The van der Waals surface area contributed by atoms with Crippen LogP contribution in [0.15, 0.2) is 4.99 Å².